The molecule has 0 aliphatic heterocycles. The predicted octanol–water partition coefficient (Wildman–Crippen LogP) is 1.39. The normalized spacial score (nSPS) is 10.5. The monoisotopic (exact) mass is 239 g/mol. The summed E-state index contributed by atoms with van der Waals surface area (Å²) in [6, 6.07) is 0. The van der Waals surface area contributed by atoms with Crippen LogP contribution in [0.2, 0.25) is 0 Å². The van der Waals surface area contributed by atoms with Crippen LogP contribution >= 0.6 is 0 Å². The molecule has 5 nitrogen and oxygen atoms in total. The van der Waals surface area contributed by atoms with E-state index >= 15 is 0 Å². The third-order valence-electron chi connectivity index (χ3n) is 2.04. The van der Waals surface area contributed by atoms with Crippen LogP contribution in [0.4, 0.5) is 0 Å². The van der Waals surface area contributed by atoms with Crippen molar-refractivity contribution in [3.05, 3.63) is 18.1 Å². The number of aromatic nitrogens is 2. The van der Waals surface area contributed by atoms with Crippen LogP contribution in [0.1, 0.15) is 26.0 Å². The molecular formula is C12H21N3O2. The van der Waals surface area contributed by atoms with Gasteiger partial charge in [0.1, 0.15) is 6.61 Å². The zero-order valence-electron chi connectivity index (χ0n) is 10.6. The minimum Gasteiger partial charge on any atom is -0.474 e. The lowest BCUT2D eigenvalue weighted by Crippen LogP contribution is -2.14. The van der Waals surface area contributed by atoms with Crippen molar-refractivity contribution in [2.45, 2.75) is 26.8 Å². The Hall–Kier alpha value is -1.20. The second-order valence-electron chi connectivity index (χ2n) is 3.59. The number of rotatable bonds is 9. The molecule has 0 saturated heterocycles. The summed E-state index contributed by atoms with van der Waals surface area (Å²) < 4.78 is 10.8. The summed E-state index contributed by atoms with van der Waals surface area (Å²) in [5.41, 5.74) is 0.888. The number of nitrogens with one attached hydrogen (secondary N) is 1. The van der Waals surface area contributed by atoms with Gasteiger partial charge in [0.25, 0.3) is 0 Å². The maximum atomic E-state index is 5.45. The number of nitrogens with zero attached hydrogens (tertiary/aromatic N) is 2. The van der Waals surface area contributed by atoms with E-state index < -0.39 is 0 Å². The fourth-order valence-corrected chi connectivity index (χ4v) is 1.25. The van der Waals surface area contributed by atoms with E-state index in [-0.39, 0.29) is 0 Å². The highest BCUT2D eigenvalue weighted by Gasteiger charge is 1.99. The molecule has 0 aromatic carbocycles. The largest absolute Gasteiger partial charge is 0.474 e. The Balaban J connectivity index is 2.27. The molecule has 0 radical (unpaired) electrons. The molecule has 1 aromatic rings. The first-order valence-electron chi connectivity index (χ1n) is 6.09. The lowest BCUT2D eigenvalue weighted by atomic mass is 10.4. The van der Waals surface area contributed by atoms with E-state index in [1.165, 1.54) is 0 Å². The van der Waals surface area contributed by atoms with Crippen molar-refractivity contribution < 1.29 is 9.47 Å². The van der Waals surface area contributed by atoms with Crippen LogP contribution in [0.3, 0.4) is 0 Å². The average Bonchev–Trinajstić information content (AvgIpc) is 2.37. The van der Waals surface area contributed by atoms with E-state index in [1.807, 2.05) is 0 Å². The Morgan fingerprint density at radius 1 is 1.18 bits per heavy atom. The number of hydrogen-bond acceptors (Lipinski definition) is 5. The van der Waals surface area contributed by atoms with Crippen LogP contribution in [-0.4, -0.2) is 36.3 Å². The number of hydrogen-bond donors (Lipinski definition) is 1. The lowest BCUT2D eigenvalue weighted by molar-refractivity contribution is 0.0988. The predicted molar refractivity (Wildman–Crippen MR) is 66.0 cm³/mol. The molecule has 1 aromatic heterocycles. The molecule has 0 saturated carbocycles. The maximum Gasteiger partial charge on any atom is 0.232 e. The molecular weight excluding hydrogens is 218 g/mol. The van der Waals surface area contributed by atoms with E-state index in [0.717, 1.165) is 25.3 Å². The van der Waals surface area contributed by atoms with Crippen LogP contribution in [-0.2, 0) is 11.3 Å². The van der Waals surface area contributed by atoms with E-state index in [2.05, 4.69) is 29.1 Å². The quantitative estimate of drug-likeness (QED) is 0.660. The fourth-order valence-electron chi connectivity index (χ4n) is 1.25. The molecule has 96 valence electrons. The zero-order chi connectivity index (χ0) is 12.3. The van der Waals surface area contributed by atoms with Crippen LogP contribution < -0.4 is 10.1 Å². The van der Waals surface area contributed by atoms with Crippen LogP contribution in [0.25, 0.3) is 0 Å². The highest BCUT2D eigenvalue weighted by Crippen LogP contribution is 2.04. The molecule has 0 atom stereocenters. The van der Waals surface area contributed by atoms with Gasteiger partial charge in [0.15, 0.2) is 0 Å². The van der Waals surface area contributed by atoms with E-state index in [1.54, 1.807) is 12.4 Å². The van der Waals surface area contributed by atoms with Crippen LogP contribution in [0.5, 0.6) is 5.88 Å². The van der Waals surface area contributed by atoms with Crippen molar-refractivity contribution in [1.82, 2.24) is 15.3 Å². The van der Waals surface area contributed by atoms with Gasteiger partial charge < -0.3 is 14.8 Å². The Morgan fingerprint density at radius 3 is 2.82 bits per heavy atom. The first kappa shape index (κ1) is 13.9. The summed E-state index contributed by atoms with van der Waals surface area (Å²) >= 11 is 0. The Labute approximate surface area is 103 Å². The van der Waals surface area contributed by atoms with Gasteiger partial charge in [-0.2, -0.15) is 0 Å². The highest BCUT2D eigenvalue weighted by atomic mass is 16.5. The van der Waals surface area contributed by atoms with Gasteiger partial charge in [0.2, 0.25) is 5.88 Å². The van der Waals surface area contributed by atoms with Gasteiger partial charge >= 0.3 is 0 Å². The molecule has 0 bridgehead atoms. The molecule has 0 spiro atoms. The first-order chi connectivity index (χ1) is 8.36. The third kappa shape index (κ3) is 6.19. The molecule has 17 heavy (non-hydrogen) atoms. The fraction of sp³-hybridized carbons (Fsp3) is 0.667. The zero-order valence-corrected chi connectivity index (χ0v) is 10.6. The Kier molecular flexibility index (Phi) is 7.25. The summed E-state index contributed by atoms with van der Waals surface area (Å²) in [7, 11) is 0. The molecule has 0 amide bonds. The van der Waals surface area contributed by atoms with Crippen molar-refractivity contribution in [2.75, 3.05) is 26.4 Å². The van der Waals surface area contributed by atoms with Gasteiger partial charge in [0, 0.05) is 19.3 Å². The van der Waals surface area contributed by atoms with Crippen LogP contribution in [0, 0.1) is 0 Å². The van der Waals surface area contributed by atoms with Gasteiger partial charge in [-0.3, -0.25) is 4.98 Å². The van der Waals surface area contributed by atoms with E-state index in [0.29, 0.717) is 25.6 Å². The molecule has 0 unspecified atom stereocenters. The summed E-state index contributed by atoms with van der Waals surface area (Å²) in [6.07, 6.45) is 4.39. The van der Waals surface area contributed by atoms with Crippen molar-refractivity contribution in [1.29, 1.82) is 0 Å². The van der Waals surface area contributed by atoms with E-state index in [4.69, 9.17) is 9.47 Å². The minimum absolute atomic E-state index is 0.513. The molecule has 0 fully saturated rings. The maximum absolute atomic E-state index is 5.45. The summed E-state index contributed by atoms with van der Waals surface area (Å²) in [4.78, 5) is 8.41. The van der Waals surface area contributed by atoms with Gasteiger partial charge in [-0.05, 0) is 13.0 Å². The van der Waals surface area contributed by atoms with Crippen LogP contribution in [0.15, 0.2) is 12.4 Å². The highest BCUT2D eigenvalue weighted by molar-refractivity contribution is 5.08. The SMILES string of the molecule is CCCOCCOc1cncc(CNCC)n1. The molecule has 1 rings (SSSR count). The molecule has 1 heterocycles. The van der Waals surface area contributed by atoms with Crippen molar-refractivity contribution in [3.63, 3.8) is 0 Å². The topological polar surface area (TPSA) is 56.3 Å². The summed E-state index contributed by atoms with van der Waals surface area (Å²) in [5.74, 6) is 0.556. The Bertz CT molecular complexity index is 308. The summed E-state index contributed by atoms with van der Waals surface area (Å²) in [6.45, 7) is 7.64. The second kappa shape index (κ2) is 8.90. The third-order valence-corrected chi connectivity index (χ3v) is 2.04. The standard InChI is InChI=1S/C12H21N3O2/c1-3-5-16-6-7-17-12-10-14-9-11(15-12)8-13-4-2/h9-10,13H,3-8H2,1-2H3. The van der Waals surface area contributed by atoms with Crippen molar-refractivity contribution in [3.8, 4) is 5.88 Å². The van der Waals surface area contributed by atoms with Crippen molar-refractivity contribution in [2.24, 2.45) is 0 Å². The first-order valence-corrected chi connectivity index (χ1v) is 6.09. The van der Waals surface area contributed by atoms with Gasteiger partial charge in [-0.15, -0.1) is 0 Å². The minimum atomic E-state index is 0.513. The van der Waals surface area contributed by atoms with Gasteiger partial charge in [0.05, 0.1) is 18.5 Å². The Morgan fingerprint density at radius 2 is 2.06 bits per heavy atom. The van der Waals surface area contributed by atoms with Crippen molar-refractivity contribution >= 4 is 0 Å². The summed E-state index contributed by atoms with van der Waals surface area (Å²) in [5, 5.41) is 3.19. The second-order valence-corrected chi connectivity index (χ2v) is 3.59. The molecule has 5 heteroatoms. The smallest absolute Gasteiger partial charge is 0.232 e. The molecule has 1 N–H and O–H groups in total. The van der Waals surface area contributed by atoms with Gasteiger partial charge in [-0.25, -0.2) is 4.98 Å². The van der Waals surface area contributed by atoms with Gasteiger partial charge in [-0.1, -0.05) is 13.8 Å². The average molecular weight is 239 g/mol. The van der Waals surface area contributed by atoms with E-state index in [9.17, 15) is 0 Å². The molecule has 0 aliphatic rings. The molecule has 0 aliphatic carbocycles. The lowest BCUT2D eigenvalue weighted by Gasteiger charge is -2.07. The number of ether oxygens (including phenoxy) is 2.